The van der Waals surface area contributed by atoms with Crippen molar-refractivity contribution in [2.45, 2.75) is 38.5 Å². The number of nitrogens with one attached hydrogen (secondary N) is 1. The summed E-state index contributed by atoms with van der Waals surface area (Å²) in [6, 6.07) is 18.1. The lowest BCUT2D eigenvalue weighted by Crippen LogP contribution is -2.52. The van der Waals surface area contributed by atoms with Gasteiger partial charge in [-0.1, -0.05) is 42.5 Å². The van der Waals surface area contributed by atoms with Gasteiger partial charge in [0.15, 0.2) is 0 Å². The molecule has 2 aromatic carbocycles. The summed E-state index contributed by atoms with van der Waals surface area (Å²) in [5, 5.41) is 12.1. The van der Waals surface area contributed by atoms with Crippen molar-refractivity contribution in [3.05, 3.63) is 89.2 Å². The minimum atomic E-state index is -1.10. The lowest BCUT2D eigenvalue weighted by atomic mass is 10.0. The highest BCUT2D eigenvalue weighted by atomic mass is 16.4. The molecule has 2 aliphatic rings. The van der Waals surface area contributed by atoms with E-state index in [2.05, 4.69) is 10.3 Å². The van der Waals surface area contributed by atoms with Crippen molar-refractivity contribution in [1.29, 1.82) is 0 Å². The Morgan fingerprint density at radius 1 is 1.03 bits per heavy atom. The van der Waals surface area contributed by atoms with Gasteiger partial charge in [-0.15, -0.1) is 0 Å². The number of pyridine rings is 1. The topological polar surface area (TPSA) is 120 Å². The van der Waals surface area contributed by atoms with Gasteiger partial charge in [0, 0.05) is 31.3 Å². The minimum absolute atomic E-state index is 0.0750. The van der Waals surface area contributed by atoms with Gasteiger partial charge in [-0.2, -0.15) is 0 Å². The quantitative estimate of drug-likeness (QED) is 0.519. The van der Waals surface area contributed by atoms with E-state index in [-0.39, 0.29) is 37.9 Å². The number of fused-ring (bicyclic) bond motifs is 1. The number of rotatable bonds is 6. The number of aromatic nitrogens is 1. The zero-order valence-corrected chi connectivity index (χ0v) is 19.4. The fourth-order valence-electron chi connectivity index (χ4n) is 4.68. The first-order valence-corrected chi connectivity index (χ1v) is 11.6. The molecule has 3 aromatic rings. The van der Waals surface area contributed by atoms with E-state index in [0.29, 0.717) is 23.2 Å². The molecule has 2 N–H and O–H groups in total. The Kier molecular flexibility index (Phi) is 6.20. The molecule has 2 aliphatic heterocycles. The fourth-order valence-corrected chi connectivity index (χ4v) is 4.68. The van der Waals surface area contributed by atoms with Crippen LogP contribution in [0.3, 0.4) is 0 Å². The molecule has 9 heteroatoms. The van der Waals surface area contributed by atoms with Gasteiger partial charge in [0.05, 0.1) is 12.2 Å². The molecule has 182 valence electrons. The number of nitrogens with zero attached hydrogens (tertiary/aromatic N) is 3. The van der Waals surface area contributed by atoms with E-state index in [1.54, 1.807) is 24.4 Å². The first-order chi connectivity index (χ1) is 17.4. The highest BCUT2D eigenvalue weighted by molar-refractivity contribution is 6.05. The number of carboxylic acid groups (broad SMARTS) is 1. The van der Waals surface area contributed by atoms with Crippen molar-refractivity contribution in [3.63, 3.8) is 0 Å². The van der Waals surface area contributed by atoms with E-state index >= 15 is 0 Å². The molecule has 1 atom stereocenters. The Balaban J connectivity index is 1.32. The summed E-state index contributed by atoms with van der Waals surface area (Å²) >= 11 is 0. The van der Waals surface area contributed by atoms with Gasteiger partial charge in [0.25, 0.3) is 5.91 Å². The summed E-state index contributed by atoms with van der Waals surface area (Å²) in [6.07, 6.45) is 1.04. The maximum absolute atomic E-state index is 13.1. The van der Waals surface area contributed by atoms with Crippen LogP contribution >= 0.6 is 0 Å². The molecule has 0 bridgehead atoms. The molecule has 1 aromatic heterocycles. The highest BCUT2D eigenvalue weighted by Crippen LogP contribution is 2.29. The summed E-state index contributed by atoms with van der Waals surface area (Å²) in [5.41, 5.74) is 4.46. The summed E-state index contributed by atoms with van der Waals surface area (Å²) < 4.78 is 0. The van der Waals surface area contributed by atoms with Crippen LogP contribution in [-0.4, -0.2) is 49.7 Å². The predicted molar refractivity (Wildman–Crippen MR) is 129 cm³/mol. The lowest BCUT2D eigenvalue weighted by Gasteiger charge is -2.29. The van der Waals surface area contributed by atoms with Crippen LogP contribution in [0.5, 0.6) is 0 Å². The Labute approximate surface area is 207 Å². The number of hydrogen-bond donors (Lipinski definition) is 2. The second-order valence-electron chi connectivity index (χ2n) is 8.93. The first-order valence-electron chi connectivity index (χ1n) is 11.6. The van der Waals surface area contributed by atoms with Gasteiger partial charge in [-0.3, -0.25) is 29.6 Å². The molecule has 5 rings (SSSR count). The van der Waals surface area contributed by atoms with Gasteiger partial charge in [0.1, 0.15) is 6.04 Å². The molecule has 1 fully saturated rings. The maximum Gasteiger partial charge on any atom is 0.407 e. The van der Waals surface area contributed by atoms with Crippen LogP contribution in [0.2, 0.25) is 0 Å². The average Bonchev–Trinajstić information content (AvgIpc) is 3.20. The third-order valence-corrected chi connectivity index (χ3v) is 6.51. The van der Waals surface area contributed by atoms with Crippen molar-refractivity contribution in [2.75, 3.05) is 0 Å². The highest BCUT2D eigenvalue weighted by Gasteiger charge is 2.39. The fraction of sp³-hybridized carbons (Fsp3) is 0.222. The Morgan fingerprint density at radius 2 is 1.83 bits per heavy atom. The van der Waals surface area contributed by atoms with E-state index < -0.39 is 18.0 Å². The Morgan fingerprint density at radius 3 is 2.58 bits per heavy atom. The second kappa shape index (κ2) is 9.61. The van der Waals surface area contributed by atoms with Crippen LogP contribution in [0.4, 0.5) is 4.79 Å². The van der Waals surface area contributed by atoms with Crippen LogP contribution in [0.15, 0.2) is 66.9 Å². The van der Waals surface area contributed by atoms with Gasteiger partial charge in [-0.25, -0.2) is 4.79 Å². The summed E-state index contributed by atoms with van der Waals surface area (Å²) in [5.74, 6) is -1.09. The van der Waals surface area contributed by atoms with Crippen LogP contribution in [-0.2, 0) is 29.2 Å². The minimum Gasteiger partial charge on any atom is -0.465 e. The van der Waals surface area contributed by atoms with E-state index in [0.717, 1.165) is 16.7 Å². The zero-order chi connectivity index (χ0) is 25.2. The van der Waals surface area contributed by atoms with E-state index in [9.17, 15) is 24.3 Å². The molecule has 4 amide bonds. The molecule has 0 spiro atoms. The summed E-state index contributed by atoms with van der Waals surface area (Å²) in [7, 11) is 0. The van der Waals surface area contributed by atoms with Crippen LogP contribution in [0.1, 0.15) is 40.0 Å². The zero-order valence-electron chi connectivity index (χ0n) is 19.4. The van der Waals surface area contributed by atoms with Gasteiger partial charge >= 0.3 is 6.09 Å². The molecule has 0 saturated carbocycles. The van der Waals surface area contributed by atoms with E-state index in [1.165, 1.54) is 9.80 Å². The Bertz CT molecular complexity index is 1360. The monoisotopic (exact) mass is 484 g/mol. The van der Waals surface area contributed by atoms with Crippen molar-refractivity contribution in [1.82, 2.24) is 20.1 Å². The lowest BCUT2D eigenvalue weighted by molar-refractivity contribution is -0.136. The molecular formula is C27H24N4O5. The summed E-state index contributed by atoms with van der Waals surface area (Å²) in [6.45, 7) is 0.439. The molecule has 9 nitrogen and oxygen atoms in total. The normalized spacial score (nSPS) is 17.1. The van der Waals surface area contributed by atoms with Gasteiger partial charge < -0.3 is 10.0 Å². The molecule has 1 saturated heterocycles. The average molecular weight is 485 g/mol. The number of piperidine rings is 1. The van der Waals surface area contributed by atoms with Gasteiger partial charge in [-0.05, 0) is 46.9 Å². The number of imide groups is 1. The molecule has 0 radical (unpaired) electrons. The van der Waals surface area contributed by atoms with E-state index in [4.69, 9.17) is 0 Å². The van der Waals surface area contributed by atoms with E-state index in [1.807, 2.05) is 42.5 Å². The molecule has 36 heavy (non-hydrogen) atoms. The largest absolute Gasteiger partial charge is 0.465 e. The molecule has 1 unspecified atom stereocenters. The smallest absolute Gasteiger partial charge is 0.407 e. The molecular weight excluding hydrogens is 460 g/mol. The Hall–Kier alpha value is -4.53. The SMILES string of the molecule is O=C1CCC(N2Cc3ccc(CN(Cc4cc(-c5ccccc5)ccn4)C(=O)O)cc3C2=O)C(=O)N1. The third kappa shape index (κ3) is 4.68. The number of benzene rings is 2. The number of hydrogen-bond acceptors (Lipinski definition) is 5. The van der Waals surface area contributed by atoms with Crippen LogP contribution < -0.4 is 5.32 Å². The summed E-state index contributed by atoms with van der Waals surface area (Å²) in [4.78, 5) is 55.9. The van der Waals surface area contributed by atoms with Crippen molar-refractivity contribution in [2.24, 2.45) is 0 Å². The maximum atomic E-state index is 13.1. The van der Waals surface area contributed by atoms with Crippen LogP contribution in [0, 0.1) is 0 Å². The van der Waals surface area contributed by atoms with Crippen molar-refractivity contribution in [3.8, 4) is 11.1 Å². The first kappa shape index (κ1) is 23.2. The number of amides is 4. The number of carbonyl (C=O) groups is 4. The van der Waals surface area contributed by atoms with Crippen molar-refractivity contribution >= 4 is 23.8 Å². The standard InChI is InChI=1S/C27H24N4O5/c32-24-9-8-23(25(33)29-24)31-15-20-7-6-17(12-22(20)26(31)34)14-30(27(35)36)16-21-13-19(10-11-28-21)18-4-2-1-3-5-18/h1-7,10-13,23H,8-9,14-16H2,(H,35,36)(H,29,32,33). The predicted octanol–water partition coefficient (Wildman–Crippen LogP) is 3.19. The van der Waals surface area contributed by atoms with Crippen LogP contribution in [0.25, 0.3) is 11.1 Å². The third-order valence-electron chi connectivity index (χ3n) is 6.51. The number of carbonyl (C=O) groups excluding carboxylic acids is 3. The molecule has 0 aliphatic carbocycles. The molecule has 3 heterocycles. The van der Waals surface area contributed by atoms with Gasteiger partial charge in [0.2, 0.25) is 11.8 Å². The van der Waals surface area contributed by atoms with Crippen molar-refractivity contribution < 1.29 is 24.3 Å². The second-order valence-corrected chi connectivity index (χ2v) is 8.93.